The zero-order valence-corrected chi connectivity index (χ0v) is 11.4. The Bertz CT molecular complexity index is 583. The summed E-state index contributed by atoms with van der Waals surface area (Å²) in [6.07, 6.45) is 10.2. The van der Waals surface area contributed by atoms with Crippen LogP contribution in [0, 0.1) is 0 Å². The second-order valence-corrected chi connectivity index (χ2v) is 3.94. The maximum Gasteiger partial charge on any atom is 0.513 e. The summed E-state index contributed by atoms with van der Waals surface area (Å²) in [5, 5.41) is 0. The Morgan fingerprint density at radius 3 is 1.84 bits per heavy atom. The van der Waals surface area contributed by atoms with Crippen LogP contribution in [0.15, 0.2) is 85.6 Å². The Morgan fingerprint density at radius 1 is 0.579 bits per heavy atom. The summed E-state index contributed by atoms with van der Waals surface area (Å²) in [6.45, 7) is 0. The molecule has 3 heterocycles. The van der Waals surface area contributed by atoms with E-state index in [-0.39, 0.29) is 17.1 Å². The molecule has 3 aromatic heterocycles. The van der Waals surface area contributed by atoms with Crippen LogP contribution in [0.1, 0.15) is 0 Å². The molecule has 0 aliphatic heterocycles. The molecular formula is C15H14FeN3+3. The van der Waals surface area contributed by atoms with Crippen LogP contribution in [0.3, 0.4) is 0 Å². The number of hydrogen-bond acceptors (Lipinski definition) is 0. The van der Waals surface area contributed by atoms with Crippen molar-refractivity contribution in [2.45, 2.75) is 0 Å². The fourth-order valence-electron chi connectivity index (χ4n) is 1.91. The molecule has 0 bridgehead atoms. The third kappa shape index (κ3) is 2.87. The molecule has 0 radical (unpaired) electrons. The van der Waals surface area contributed by atoms with E-state index < -0.39 is 0 Å². The third-order valence-electron chi connectivity index (χ3n) is 2.75. The van der Waals surface area contributed by atoms with Crippen molar-refractivity contribution in [1.29, 1.82) is 0 Å². The van der Waals surface area contributed by atoms with Gasteiger partial charge in [0.15, 0.2) is 12.4 Å². The summed E-state index contributed by atoms with van der Waals surface area (Å²) in [4.78, 5) is 0. The number of rotatable bonds is 2. The van der Waals surface area contributed by atoms with E-state index in [4.69, 9.17) is 0 Å². The van der Waals surface area contributed by atoms with Crippen LogP contribution in [0.25, 0.3) is 5.82 Å². The fourth-order valence-corrected chi connectivity index (χ4v) is 1.91. The van der Waals surface area contributed by atoms with Crippen molar-refractivity contribution in [3.05, 3.63) is 85.6 Å². The van der Waals surface area contributed by atoms with Crippen molar-refractivity contribution in [1.82, 2.24) is 0 Å². The van der Waals surface area contributed by atoms with Crippen molar-refractivity contribution >= 4 is 0 Å². The molecule has 0 fully saturated rings. The summed E-state index contributed by atoms with van der Waals surface area (Å²) in [5.41, 5.74) is 0. The second-order valence-electron chi connectivity index (χ2n) is 3.94. The molecule has 0 saturated heterocycles. The average Bonchev–Trinajstić information content (AvgIpc) is 2.49. The van der Waals surface area contributed by atoms with Gasteiger partial charge < -0.3 is 0 Å². The molecule has 0 aliphatic rings. The number of nitrogens with zero attached hydrogens (tertiary/aromatic N) is 3. The van der Waals surface area contributed by atoms with E-state index in [9.17, 15) is 0 Å². The van der Waals surface area contributed by atoms with Crippen molar-refractivity contribution in [3.63, 3.8) is 0 Å². The molecule has 3 nitrogen and oxygen atoms in total. The zero-order valence-electron chi connectivity index (χ0n) is 10.3. The van der Waals surface area contributed by atoms with Gasteiger partial charge in [0.25, 0.3) is 0 Å². The minimum Gasteiger partial charge on any atom is -0.106 e. The summed E-state index contributed by atoms with van der Waals surface area (Å²) in [5.74, 6) is 1.08. The molecule has 0 unspecified atom stereocenters. The van der Waals surface area contributed by atoms with E-state index in [1.54, 1.807) is 0 Å². The monoisotopic (exact) mass is 292 g/mol. The molecule has 19 heavy (non-hydrogen) atoms. The Kier molecular flexibility index (Phi) is 4.39. The number of hydrogen-bond donors (Lipinski definition) is 0. The molecule has 0 atom stereocenters. The molecule has 3 aromatic rings. The second kappa shape index (κ2) is 6.23. The SMILES string of the molecule is [Fe].c1cc[n+](-c2cccc[n+]2-[n+]2ccccc2)cc1. The first-order chi connectivity index (χ1) is 8.95. The third-order valence-corrected chi connectivity index (χ3v) is 2.75. The van der Waals surface area contributed by atoms with Crippen LogP contribution < -0.4 is 13.9 Å². The van der Waals surface area contributed by atoms with Gasteiger partial charge in [0, 0.05) is 47.4 Å². The standard InChI is InChI=1S/C15H14N3.Fe/c1-4-10-16(11-5-1)15-9-3-8-14-18(15)17-12-6-2-7-13-17;/h1-14H;/q+3;. The van der Waals surface area contributed by atoms with Gasteiger partial charge in [-0.05, 0) is 12.1 Å². The summed E-state index contributed by atoms with van der Waals surface area (Å²) >= 11 is 0. The normalized spacial score (nSPS) is 9.68. The molecule has 0 aliphatic carbocycles. The maximum atomic E-state index is 2.08. The van der Waals surface area contributed by atoms with Crippen molar-refractivity contribution in [2.24, 2.45) is 0 Å². The summed E-state index contributed by atoms with van der Waals surface area (Å²) in [7, 11) is 0. The Morgan fingerprint density at radius 2 is 1.16 bits per heavy atom. The van der Waals surface area contributed by atoms with Gasteiger partial charge in [-0.25, -0.2) is 0 Å². The molecule has 0 N–H and O–H groups in total. The maximum absolute atomic E-state index is 2.08. The number of pyridine rings is 3. The Balaban J connectivity index is 0.00000133. The van der Waals surface area contributed by atoms with E-state index in [1.807, 2.05) is 84.2 Å². The molecule has 0 saturated carbocycles. The summed E-state index contributed by atoms with van der Waals surface area (Å²) in [6, 6.07) is 18.2. The van der Waals surface area contributed by atoms with Gasteiger partial charge in [0.05, 0.1) is 10.7 Å². The van der Waals surface area contributed by atoms with E-state index in [2.05, 4.69) is 15.3 Å². The van der Waals surface area contributed by atoms with Gasteiger partial charge in [-0.3, -0.25) is 0 Å². The minimum absolute atomic E-state index is 0. The van der Waals surface area contributed by atoms with Gasteiger partial charge in [-0.2, -0.15) is 0 Å². The predicted molar refractivity (Wildman–Crippen MR) is 65.6 cm³/mol. The summed E-state index contributed by atoms with van der Waals surface area (Å²) < 4.78 is 6.20. The quantitative estimate of drug-likeness (QED) is 0.490. The van der Waals surface area contributed by atoms with Crippen LogP contribution in [-0.4, -0.2) is 0 Å². The smallest absolute Gasteiger partial charge is 0.106 e. The van der Waals surface area contributed by atoms with E-state index >= 15 is 0 Å². The first-order valence-electron chi connectivity index (χ1n) is 5.89. The largest absolute Gasteiger partial charge is 0.513 e. The Labute approximate surface area is 122 Å². The van der Waals surface area contributed by atoms with Crippen LogP contribution in [0.5, 0.6) is 0 Å². The topological polar surface area (TPSA) is 11.6 Å². The molecule has 4 heteroatoms. The van der Waals surface area contributed by atoms with Gasteiger partial charge in [-0.15, -0.1) is 4.57 Å². The number of aromatic nitrogens is 3. The van der Waals surface area contributed by atoms with Crippen molar-refractivity contribution < 1.29 is 31.0 Å². The molecule has 0 amide bonds. The minimum atomic E-state index is 0. The van der Waals surface area contributed by atoms with Crippen LogP contribution in [0.4, 0.5) is 0 Å². The van der Waals surface area contributed by atoms with Crippen LogP contribution in [0.2, 0.25) is 0 Å². The zero-order chi connectivity index (χ0) is 12.2. The van der Waals surface area contributed by atoms with Crippen LogP contribution >= 0.6 is 0 Å². The van der Waals surface area contributed by atoms with Crippen LogP contribution in [-0.2, 0) is 17.1 Å². The van der Waals surface area contributed by atoms with Crippen molar-refractivity contribution in [3.8, 4) is 5.82 Å². The average molecular weight is 292 g/mol. The van der Waals surface area contributed by atoms with E-state index in [0.29, 0.717) is 0 Å². The van der Waals surface area contributed by atoms with Crippen molar-refractivity contribution in [2.75, 3.05) is 0 Å². The molecular weight excluding hydrogens is 278 g/mol. The molecule has 3 rings (SSSR count). The predicted octanol–water partition coefficient (Wildman–Crippen LogP) is 0.847. The van der Waals surface area contributed by atoms with Gasteiger partial charge >= 0.3 is 5.82 Å². The first kappa shape index (κ1) is 13.4. The fraction of sp³-hybridized carbons (Fsp3) is 0. The molecule has 94 valence electrons. The van der Waals surface area contributed by atoms with Gasteiger partial charge in [0.1, 0.15) is 4.68 Å². The van der Waals surface area contributed by atoms with Gasteiger partial charge in [0.2, 0.25) is 18.6 Å². The van der Waals surface area contributed by atoms with E-state index in [0.717, 1.165) is 5.82 Å². The van der Waals surface area contributed by atoms with Gasteiger partial charge in [-0.1, -0.05) is 6.07 Å². The Hall–Kier alpha value is -2.03. The van der Waals surface area contributed by atoms with E-state index in [1.165, 1.54) is 0 Å². The first-order valence-corrected chi connectivity index (χ1v) is 5.89. The molecule has 0 spiro atoms. The molecule has 0 aromatic carbocycles.